The van der Waals surface area contributed by atoms with Crippen molar-refractivity contribution in [1.82, 2.24) is 4.90 Å². The molecular formula is C14H18N2O2. The van der Waals surface area contributed by atoms with Gasteiger partial charge < -0.3 is 15.0 Å². The number of benzene rings is 1. The monoisotopic (exact) mass is 246 g/mol. The Labute approximate surface area is 107 Å². The fraction of sp³-hybridized carbons (Fsp3) is 0.357. The van der Waals surface area contributed by atoms with E-state index < -0.39 is 0 Å². The standard InChI is InChI=1S/C14H18N2O2/c1-3-18-14(17)9-15-13-6-4-5-11-7-8-16(2)10-12(11)13/h4-8,15H,3,9-10H2,1-2H3. The third-order valence-corrected chi connectivity index (χ3v) is 2.86. The summed E-state index contributed by atoms with van der Waals surface area (Å²) in [6, 6.07) is 6.06. The zero-order valence-corrected chi connectivity index (χ0v) is 10.8. The lowest BCUT2D eigenvalue weighted by molar-refractivity contribution is -0.140. The van der Waals surface area contributed by atoms with Gasteiger partial charge in [0, 0.05) is 24.8 Å². The van der Waals surface area contributed by atoms with E-state index in [9.17, 15) is 4.79 Å². The summed E-state index contributed by atoms with van der Waals surface area (Å²) in [6.07, 6.45) is 4.13. The number of fused-ring (bicyclic) bond motifs is 1. The van der Waals surface area contributed by atoms with Crippen molar-refractivity contribution in [1.29, 1.82) is 0 Å². The number of carbonyl (C=O) groups is 1. The smallest absolute Gasteiger partial charge is 0.325 e. The number of anilines is 1. The van der Waals surface area contributed by atoms with E-state index in [0.717, 1.165) is 12.2 Å². The maximum Gasteiger partial charge on any atom is 0.325 e. The molecule has 0 aromatic heterocycles. The highest BCUT2D eigenvalue weighted by Crippen LogP contribution is 2.25. The quantitative estimate of drug-likeness (QED) is 0.826. The van der Waals surface area contributed by atoms with E-state index in [1.54, 1.807) is 0 Å². The zero-order chi connectivity index (χ0) is 13.0. The van der Waals surface area contributed by atoms with Gasteiger partial charge in [0.15, 0.2) is 0 Å². The first-order valence-electron chi connectivity index (χ1n) is 6.10. The molecule has 0 bridgehead atoms. The second-order valence-corrected chi connectivity index (χ2v) is 4.26. The molecule has 1 aliphatic heterocycles. The van der Waals surface area contributed by atoms with Crippen LogP contribution in [0.2, 0.25) is 0 Å². The summed E-state index contributed by atoms with van der Waals surface area (Å²) in [5.74, 6) is -0.227. The van der Waals surface area contributed by atoms with Crippen LogP contribution in [0.3, 0.4) is 0 Å². The van der Waals surface area contributed by atoms with Crippen molar-refractivity contribution in [2.24, 2.45) is 0 Å². The molecular weight excluding hydrogens is 228 g/mol. The highest BCUT2D eigenvalue weighted by atomic mass is 16.5. The molecule has 0 unspecified atom stereocenters. The first-order chi connectivity index (χ1) is 8.70. The predicted molar refractivity (Wildman–Crippen MR) is 72.1 cm³/mol. The van der Waals surface area contributed by atoms with Gasteiger partial charge in [-0.1, -0.05) is 12.1 Å². The molecule has 1 aliphatic rings. The molecule has 18 heavy (non-hydrogen) atoms. The Balaban J connectivity index is 2.10. The topological polar surface area (TPSA) is 41.6 Å². The molecule has 1 aromatic carbocycles. The van der Waals surface area contributed by atoms with Gasteiger partial charge in [0.25, 0.3) is 0 Å². The van der Waals surface area contributed by atoms with Gasteiger partial charge in [0.05, 0.1) is 6.61 Å². The first kappa shape index (κ1) is 12.5. The second kappa shape index (κ2) is 5.58. The van der Waals surface area contributed by atoms with Gasteiger partial charge in [-0.2, -0.15) is 0 Å². The highest BCUT2D eigenvalue weighted by Gasteiger charge is 2.12. The van der Waals surface area contributed by atoms with Crippen molar-refractivity contribution < 1.29 is 9.53 Å². The number of rotatable bonds is 4. The molecule has 0 fully saturated rings. The number of esters is 1. The normalized spacial score (nSPS) is 13.1. The summed E-state index contributed by atoms with van der Waals surface area (Å²) in [5.41, 5.74) is 3.41. The summed E-state index contributed by atoms with van der Waals surface area (Å²) in [6.45, 7) is 3.27. The summed E-state index contributed by atoms with van der Waals surface area (Å²) in [4.78, 5) is 13.4. The van der Waals surface area contributed by atoms with Crippen LogP contribution in [0, 0.1) is 0 Å². The summed E-state index contributed by atoms with van der Waals surface area (Å²) in [5, 5.41) is 3.14. The Bertz CT molecular complexity index is 469. The molecule has 0 radical (unpaired) electrons. The molecule has 96 valence electrons. The van der Waals surface area contributed by atoms with Crippen LogP contribution in [-0.4, -0.2) is 31.1 Å². The molecule has 0 spiro atoms. The lowest BCUT2D eigenvalue weighted by Gasteiger charge is -2.23. The van der Waals surface area contributed by atoms with Gasteiger partial charge in [-0.3, -0.25) is 4.79 Å². The molecule has 0 amide bonds. The highest BCUT2D eigenvalue weighted by molar-refractivity contribution is 5.76. The Morgan fingerprint density at radius 2 is 2.33 bits per heavy atom. The Hall–Kier alpha value is -1.97. The van der Waals surface area contributed by atoms with Gasteiger partial charge in [0.1, 0.15) is 6.54 Å². The second-order valence-electron chi connectivity index (χ2n) is 4.26. The molecule has 1 heterocycles. The minimum absolute atomic E-state index is 0.206. The lowest BCUT2D eigenvalue weighted by atomic mass is 10.0. The maximum absolute atomic E-state index is 11.3. The predicted octanol–water partition coefficient (Wildman–Crippen LogP) is 2.08. The van der Waals surface area contributed by atoms with Crippen molar-refractivity contribution in [3.63, 3.8) is 0 Å². The van der Waals surface area contributed by atoms with Gasteiger partial charge in [-0.05, 0) is 30.8 Å². The van der Waals surface area contributed by atoms with E-state index >= 15 is 0 Å². The molecule has 0 aliphatic carbocycles. The van der Waals surface area contributed by atoms with E-state index in [-0.39, 0.29) is 12.5 Å². The maximum atomic E-state index is 11.3. The van der Waals surface area contributed by atoms with E-state index in [1.165, 1.54) is 11.1 Å². The van der Waals surface area contributed by atoms with Crippen LogP contribution in [0.25, 0.3) is 6.08 Å². The molecule has 0 atom stereocenters. The van der Waals surface area contributed by atoms with Gasteiger partial charge in [-0.15, -0.1) is 0 Å². The number of nitrogens with zero attached hydrogens (tertiary/aromatic N) is 1. The Morgan fingerprint density at radius 1 is 1.50 bits per heavy atom. The third-order valence-electron chi connectivity index (χ3n) is 2.86. The number of nitrogens with one attached hydrogen (secondary N) is 1. The zero-order valence-electron chi connectivity index (χ0n) is 10.8. The van der Waals surface area contributed by atoms with E-state index in [0.29, 0.717) is 6.61 Å². The van der Waals surface area contributed by atoms with Gasteiger partial charge in [-0.25, -0.2) is 0 Å². The van der Waals surface area contributed by atoms with Gasteiger partial charge >= 0.3 is 5.97 Å². The van der Waals surface area contributed by atoms with Gasteiger partial charge in [0.2, 0.25) is 0 Å². The van der Waals surface area contributed by atoms with Crippen molar-refractivity contribution in [3.8, 4) is 0 Å². The molecule has 4 nitrogen and oxygen atoms in total. The largest absolute Gasteiger partial charge is 0.465 e. The minimum Gasteiger partial charge on any atom is -0.465 e. The van der Waals surface area contributed by atoms with Crippen LogP contribution in [-0.2, 0) is 16.1 Å². The van der Waals surface area contributed by atoms with Crippen molar-refractivity contribution >= 4 is 17.7 Å². The average molecular weight is 246 g/mol. The SMILES string of the molecule is CCOC(=O)CNc1cccc2c1CN(C)C=C2. The van der Waals surface area contributed by atoms with Crippen LogP contribution >= 0.6 is 0 Å². The minimum atomic E-state index is -0.227. The third kappa shape index (κ3) is 2.83. The van der Waals surface area contributed by atoms with Crippen molar-refractivity contribution in [2.75, 3.05) is 25.5 Å². The molecule has 4 heteroatoms. The average Bonchev–Trinajstić information content (AvgIpc) is 2.36. The molecule has 1 N–H and O–H groups in total. The lowest BCUT2D eigenvalue weighted by Crippen LogP contribution is -2.20. The van der Waals surface area contributed by atoms with Crippen LogP contribution in [0.5, 0.6) is 0 Å². The van der Waals surface area contributed by atoms with Crippen LogP contribution in [0.4, 0.5) is 5.69 Å². The van der Waals surface area contributed by atoms with Crippen molar-refractivity contribution in [3.05, 3.63) is 35.5 Å². The number of hydrogen-bond acceptors (Lipinski definition) is 4. The number of ether oxygens (including phenoxy) is 1. The Kier molecular flexibility index (Phi) is 3.87. The Morgan fingerprint density at radius 3 is 3.11 bits per heavy atom. The molecule has 2 rings (SSSR count). The van der Waals surface area contributed by atoms with E-state index in [1.807, 2.05) is 26.1 Å². The summed E-state index contributed by atoms with van der Waals surface area (Å²) < 4.78 is 4.90. The summed E-state index contributed by atoms with van der Waals surface area (Å²) in [7, 11) is 2.03. The van der Waals surface area contributed by atoms with Crippen molar-refractivity contribution in [2.45, 2.75) is 13.5 Å². The van der Waals surface area contributed by atoms with Crippen LogP contribution < -0.4 is 5.32 Å². The molecule has 1 aromatic rings. The van der Waals surface area contributed by atoms with Crippen LogP contribution in [0.1, 0.15) is 18.1 Å². The molecule has 0 saturated heterocycles. The first-order valence-corrected chi connectivity index (χ1v) is 6.10. The molecule has 0 saturated carbocycles. The van der Waals surface area contributed by atoms with Crippen LogP contribution in [0.15, 0.2) is 24.4 Å². The van der Waals surface area contributed by atoms with E-state index in [2.05, 4.69) is 28.6 Å². The fourth-order valence-electron chi connectivity index (χ4n) is 1.99. The number of hydrogen-bond donors (Lipinski definition) is 1. The summed E-state index contributed by atoms with van der Waals surface area (Å²) >= 11 is 0. The van der Waals surface area contributed by atoms with E-state index in [4.69, 9.17) is 4.74 Å². The number of carbonyl (C=O) groups excluding carboxylic acids is 1. The fourth-order valence-corrected chi connectivity index (χ4v) is 1.99.